The van der Waals surface area contributed by atoms with Crippen LogP contribution in [-0.2, 0) is 19.5 Å². The molecular weight excluding hydrogens is 438 g/mol. The molecule has 0 bridgehead atoms. The van der Waals surface area contributed by atoms with E-state index in [0.717, 1.165) is 10.8 Å². The Labute approximate surface area is 194 Å². The first-order valence-corrected chi connectivity index (χ1v) is 9.73. The van der Waals surface area contributed by atoms with Gasteiger partial charge in [-0.3, -0.25) is 9.98 Å². The number of phenolic OH excluding ortho intramolecular Hbond substituents is 2. The Balaban J connectivity index is 0.00000272. The van der Waals surface area contributed by atoms with Gasteiger partial charge in [-0.05, 0) is 61.0 Å². The SMILES string of the molecule is CC(=Nc1cc2ccccc2cc1N=C(C)c1ccccc1O)c1ccccc1O.[Zn]. The fraction of sp³-hybridized carbons (Fsp3) is 0.0769. The molecule has 0 spiro atoms. The molecule has 4 rings (SSSR count). The molecule has 0 radical (unpaired) electrons. The van der Waals surface area contributed by atoms with Crippen molar-refractivity contribution in [3.63, 3.8) is 0 Å². The maximum absolute atomic E-state index is 10.2. The number of rotatable bonds is 4. The summed E-state index contributed by atoms with van der Waals surface area (Å²) in [7, 11) is 0. The molecule has 4 nitrogen and oxygen atoms in total. The van der Waals surface area contributed by atoms with Crippen molar-refractivity contribution in [1.82, 2.24) is 0 Å². The van der Waals surface area contributed by atoms with Crippen molar-refractivity contribution < 1.29 is 29.7 Å². The first kappa shape index (κ1) is 22.4. The minimum absolute atomic E-state index is 0. The Morgan fingerprint density at radius 1 is 0.581 bits per heavy atom. The van der Waals surface area contributed by atoms with Gasteiger partial charge in [0.1, 0.15) is 11.5 Å². The molecule has 0 saturated carbocycles. The van der Waals surface area contributed by atoms with Gasteiger partial charge in [0, 0.05) is 42.0 Å². The normalized spacial score (nSPS) is 11.9. The number of aromatic hydroxyl groups is 2. The molecule has 0 aromatic heterocycles. The van der Waals surface area contributed by atoms with Crippen LogP contribution >= 0.6 is 0 Å². The number of hydrogen-bond donors (Lipinski definition) is 2. The van der Waals surface area contributed by atoms with Crippen LogP contribution in [0.25, 0.3) is 10.8 Å². The fourth-order valence-electron chi connectivity index (χ4n) is 3.44. The predicted octanol–water partition coefficient (Wildman–Crippen LogP) is 6.53. The largest absolute Gasteiger partial charge is 0.507 e. The van der Waals surface area contributed by atoms with Gasteiger partial charge >= 0.3 is 0 Å². The Hall–Kier alpha value is -3.30. The van der Waals surface area contributed by atoms with Crippen LogP contribution < -0.4 is 0 Å². The molecule has 4 aromatic rings. The zero-order valence-corrected chi connectivity index (χ0v) is 20.5. The van der Waals surface area contributed by atoms with Crippen LogP contribution in [0.5, 0.6) is 11.5 Å². The molecule has 4 aromatic carbocycles. The molecule has 2 N–H and O–H groups in total. The third-order valence-corrected chi connectivity index (χ3v) is 5.01. The molecular formula is C26H22N2O2Zn. The first-order chi connectivity index (χ1) is 14.5. The number of benzene rings is 4. The Morgan fingerprint density at radius 3 is 1.32 bits per heavy atom. The molecule has 0 aliphatic carbocycles. The maximum Gasteiger partial charge on any atom is 0.124 e. The Bertz CT molecular complexity index is 1200. The van der Waals surface area contributed by atoms with E-state index in [4.69, 9.17) is 9.98 Å². The number of phenols is 2. The number of fused-ring (bicyclic) bond motifs is 1. The van der Waals surface area contributed by atoms with E-state index in [2.05, 4.69) is 0 Å². The van der Waals surface area contributed by atoms with E-state index in [9.17, 15) is 10.2 Å². The van der Waals surface area contributed by atoms with E-state index >= 15 is 0 Å². The van der Waals surface area contributed by atoms with Gasteiger partial charge in [0.25, 0.3) is 0 Å². The van der Waals surface area contributed by atoms with E-state index in [1.54, 1.807) is 24.3 Å². The van der Waals surface area contributed by atoms with Crippen LogP contribution in [0.2, 0.25) is 0 Å². The summed E-state index contributed by atoms with van der Waals surface area (Å²) in [5.41, 5.74) is 4.14. The summed E-state index contributed by atoms with van der Waals surface area (Å²) in [4.78, 5) is 9.59. The molecule has 150 valence electrons. The van der Waals surface area contributed by atoms with E-state index < -0.39 is 0 Å². The molecule has 0 saturated heterocycles. The summed E-state index contributed by atoms with van der Waals surface area (Å²) in [6.45, 7) is 3.74. The first-order valence-electron chi connectivity index (χ1n) is 9.73. The van der Waals surface area contributed by atoms with Gasteiger partial charge in [-0.1, -0.05) is 48.5 Å². The number of nitrogens with zero attached hydrogens (tertiary/aromatic N) is 2. The quantitative estimate of drug-likeness (QED) is 0.269. The second kappa shape index (κ2) is 9.67. The fourth-order valence-corrected chi connectivity index (χ4v) is 3.44. The summed E-state index contributed by atoms with van der Waals surface area (Å²) in [5.74, 6) is 0.380. The van der Waals surface area contributed by atoms with Gasteiger partial charge in [-0.15, -0.1) is 0 Å². The van der Waals surface area contributed by atoms with E-state index in [0.29, 0.717) is 33.9 Å². The zero-order valence-electron chi connectivity index (χ0n) is 17.6. The zero-order chi connectivity index (χ0) is 21.1. The molecule has 0 amide bonds. The molecule has 0 fully saturated rings. The smallest absolute Gasteiger partial charge is 0.124 e. The molecule has 31 heavy (non-hydrogen) atoms. The standard InChI is InChI=1S/C26H22N2O2.Zn/c1-17(21-11-5-7-13-25(21)29)27-23-15-19-9-3-4-10-20(19)16-24(23)28-18(2)22-12-6-8-14-26(22)30;/h3-16,29-30H,1-2H3;. The molecule has 0 heterocycles. The van der Waals surface area contributed by atoms with Crippen molar-refractivity contribution in [2.75, 3.05) is 0 Å². The number of hydrogen-bond acceptors (Lipinski definition) is 4. The van der Waals surface area contributed by atoms with E-state index in [1.807, 2.05) is 74.5 Å². The number of aliphatic imine (C=N–C) groups is 2. The topological polar surface area (TPSA) is 65.2 Å². The Kier molecular flexibility index (Phi) is 6.99. The number of para-hydroxylation sites is 2. The van der Waals surface area contributed by atoms with Gasteiger partial charge in [-0.25, -0.2) is 0 Å². The summed E-state index contributed by atoms with van der Waals surface area (Å²) in [5, 5.41) is 22.5. The molecule has 0 aliphatic rings. The average molecular weight is 460 g/mol. The predicted molar refractivity (Wildman–Crippen MR) is 124 cm³/mol. The van der Waals surface area contributed by atoms with Gasteiger partial charge in [0.15, 0.2) is 0 Å². The maximum atomic E-state index is 10.2. The Morgan fingerprint density at radius 2 is 0.935 bits per heavy atom. The van der Waals surface area contributed by atoms with Crippen molar-refractivity contribution in [2.24, 2.45) is 9.98 Å². The molecule has 5 heteroatoms. The average Bonchev–Trinajstić information content (AvgIpc) is 2.74. The summed E-state index contributed by atoms with van der Waals surface area (Å²) in [6.07, 6.45) is 0. The van der Waals surface area contributed by atoms with E-state index in [-0.39, 0.29) is 31.0 Å². The van der Waals surface area contributed by atoms with Crippen molar-refractivity contribution in [3.8, 4) is 11.5 Å². The minimum Gasteiger partial charge on any atom is -0.507 e. The third kappa shape index (κ3) is 4.89. The van der Waals surface area contributed by atoms with Crippen LogP contribution in [-0.4, -0.2) is 21.6 Å². The van der Waals surface area contributed by atoms with Crippen molar-refractivity contribution in [2.45, 2.75) is 13.8 Å². The van der Waals surface area contributed by atoms with Crippen LogP contribution in [0.1, 0.15) is 25.0 Å². The monoisotopic (exact) mass is 458 g/mol. The van der Waals surface area contributed by atoms with Crippen LogP contribution in [0.15, 0.2) is 94.9 Å². The van der Waals surface area contributed by atoms with Gasteiger partial charge in [-0.2, -0.15) is 0 Å². The third-order valence-electron chi connectivity index (χ3n) is 5.01. The minimum atomic E-state index is 0. The summed E-state index contributed by atoms with van der Waals surface area (Å²) in [6, 6.07) is 26.3. The molecule has 0 aliphatic heterocycles. The summed E-state index contributed by atoms with van der Waals surface area (Å²) >= 11 is 0. The van der Waals surface area contributed by atoms with Crippen LogP contribution in [0.3, 0.4) is 0 Å². The van der Waals surface area contributed by atoms with Crippen molar-refractivity contribution in [3.05, 3.63) is 96.1 Å². The van der Waals surface area contributed by atoms with Gasteiger partial charge < -0.3 is 10.2 Å². The van der Waals surface area contributed by atoms with Crippen LogP contribution in [0, 0.1) is 0 Å². The second-order valence-electron chi connectivity index (χ2n) is 7.12. The van der Waals surface area contributed by atoms with E-state index in [1.165, 1.54) is 0 Å². The van der Waals surface area contributed by atoms with Gasteiger partial charge in [0.2, 0.25) is 0 Å². The second-order valence-corrected chi connectivity index (χ2v) is 7.12. The summed E-state index contributed by atoms with van der Waals surface area (Å²) < 4.78 is 0. The van der Waals surface area contributed by atoms with Crippen molar-refractivity contribution >= 4 is 33.6 Å². The molecule has 0 atom stereocenters. The molecule has 0 unspecified atom stereocenters. The van der Waals surface area contributed by atoms with Gasteiger partial charge in [0.05, 0.1) is 11.4 Å². The van der Waals surface area contributed by atoms with Crippen molar-refractivity contribution in [1.29, 1.82) is 0 Å². The van der Waals surface area contributed by atoms with Crippen LogP contribution in [0.4, 0.5) is 11.4 Å².